The molecule has 1 atom stereocenters. The molecule has 0 aromatic heterocycles. The molecule has 1 aliphatic heterocycles. The van der Waals surface area contributed by atoms with Crippen LogP contribution in [0.1, 0.15) is 12.0 Å². The van der Waals surface area contributed by atoms with Crippen LogP contribution in [0.25, 0.3) is 0 Å². The van der Waals surface area contributed by atoms with Gasteiger partial charge in [0.25, 0.3) is 5.24 Å². The van der Waals surface area contributed by atoms with E-state index in [0.29, 0.717) is 5.69 Å². The highest BCUT2D eigenvalue weighted by molar-refractivity contribution is 8.15. The fourth-order valence-corrected chi connectivity index (χ4v) is 3.00. The van der Waals surface area contributed by atoms with Crippen LogP contribution in [-0.4, -0.2) is 33.7 Å². The Morgan fingerprint density at radius 2 is 2.14 bits per heavy atom. The van der Waals surface area contributed by atoms with Crippen LogP contribution in [0.15, 0.2) is 36.9 Å². The van der Waals surface area contributed by atoms with Crippen molar-refractivity contribution in [3.05, 3.63) is 42.5 Å². The summed E-state index contributed by atoms with van der Waals surface area (Å²) in [5.41, 5.74) is 1.66. The van der Waals surface area contributed by atoms with Gasteiger partial charge < -0.3 is 5.32 Å². The molecule has 1 N–H and O–H groups in total. The van der Waals surface area contributed by atoms with Crippen molar-refractivity contribution in [2.45, 2.75) is 18.6 Å². The van der Waals surface area contributed by atoms with Crippen molar-refractivity contribution < 1.29 is 14.4 Å². The summed E-state index contributed by atoms with van der Waals surface area (Å²) in [6, 6.07) is 7.40. The van der Waals surface area contributed by atoms with E-state index in [9.17, 15) is 14.4 Å². The molecule has 1 aromatic carbocycles. The third-order valence-corrected chi connectivity index (χ3v) is 4.18. The van der Waals surface area contributed by atoms with Crippen molar-refractivity contribution >= 4 is 34.5 Å². The van der Waals surface area contributed by atoms with Gasteiger partial charge in [-0.2, -0.15) is 0 Å². The van der Waals surface area contributed by atoms with Crippen molar-refractivity contribution in [2.24, 2.45) is 0 Å². The number of hydrogen-bond acceptors (Lipinski definition) is 4. The molecule has 6 heteroatoms. The Labute approximate surface area is 127 Å². The topological polar surface area (TPSA) is 66.5 Å². The van der Waals surface area contributed by atoms with Crippen molar-refractivity contribution in [3.63, 3.8) is 0 Å². The summed E-state index contributed by atoms with van der Waals surface area (Å²) in [5.74, 6) is -0.603. The van der Waals surface area contributed by atoms with Gasteiger partial charge in [0.2, 0.25) is 11.8 Å². The van der Waals surface area contributed by atoms with Crippen LogP contribution in [0, 0.1) is 6.92 Å². The highest BCUT2D eigenvalue weighted by Gasteiger charge is 2.39. The van der Waals surface area contributed by atoms with E-state index in [0.717, 1.165) is 22.2 Å². The smallest absolute Gasteiger partial charge is 0.289 e. The Hall–Kier alpha value is -2.08. The standard InChI is InChI=1S/C15H16N2O3S/c1-3-8-17-14(19)12(21-15(17)20)9-13(18)16-11-7-5-4-6-10(11)2/h3-7,12H,1,8-9H2,2H3,(H,16,18). The van der Waals surface area contributed by atoms with E-state index < -0.39 is 5.25 Å². The molecule has 2 rings (SSSR count). The number of rotatable bonds is 5. The highest BCUT2D eigenvalue weighted by atomic mass is 32.2. The number of carbonyl (C=O) groups excluding carboxylic acids is 3. The quantitative estimate of drug-likeness (QED) is 0.849. The number of thioether (sulfide) groups is 1. The second-order valence-corrected chi connectivity index (χ2v) is 5.83. The molecule has 21 heavy (non-hydrogen) atoms. The summed E-state index contributed by atoms with van der Waals surface area (Å²) >= 11 is 0.894. The zero-order valence-corrected chi connectivity index (χ0v) is 12.5. The number of amides is 3. The van der Waals surface area contributed by atoms with Crippen LogP contribution in [-0.2, 0) is 9.59 Å². The lowest BCUT2D eigenvalue weighted by Crippen LogP contribution is -2.33. The first-order chi connectivity index (χ1) is 10.0. The molecule has 1 aromatic rings. The fraction of sp³-hybridized carbons (Fsp3) is 0.267. The Morgan fingerprint density at radius 1 is 1.43 bits per heavy atom. The lowest BCUT2D eigenvalue weighted by atomic mass is 10.2. The first-order valence-electron chi connectivity index (χ1n) is 6.51. The van der Waals surface area contributed by atoms with Crippen molar-refractivity contribution in [1.82, 2.24) is 4.90 Å². The SMILES string of the molecule is C=CCN1C(=O)SC(CC(=O)Nc2ccccc2C)C1=O. The molecular formula is C15H16N2O3S. The lowest BCUT2D eigenvalue weighted by Gasteiger charge is -2.11. The molecule has 1 unspecified atom stereocenters. The zero-order chi connectivity index (χ0) is 15.4. The normalized spacial score (nSPS) is 18.0. The van der Waals surface area contributed by atoms with Gasteiger partial charge >= 0.3 is 0 Å². The first kappa shape index (κ1) is 15.3. The van der Waals surface area contributed by atoms with Crippen LogP contribution in [0.2, 0.25) is 0 Å². The molecule has 1 heterocycles. The Morgan fingerprint density at radius 3 is 2.81 bits per heavy atom. The van der Waals surface area contributed by atoms with Gasteiger partial charge in [0.05, 0.1) is 0 Å². The van der Waals surface area contributed by atoms with E-state index in [4.69, 9.17) is 0 Å². The largest absolute Gasteiger partial charge is 0.326 e. The molecule has 0 bridgehead atoms. The summed E-state index contributed by atoms with van der Waals surface area (Å²) in [6.07, 6.45) is 1.48. The summed E-state index contributed by atoms with van der Waals surface area (Å²) in [4.78, 5) is 36.8. The number of anilines is 1. The number of nitrogens with one attached hydrogen (secondary N) is 1. The number of nitrogens with zero attached hydrogens (tertiary/aromatic N) is 1. The maximum atomic E-state index is 12.0. The van der Waals surface area contributed by atoms with Crippen molar-refractivity contribution in [2.75, 3.05) is 11.9 Å². The van der Waals surface area contributed by atoms with Gasteiger partial charge in [-0.05, 0) is 18.6 Å². The van der Waals surface area contributed by atoms with Crippen LogP contribution in [0.3, 0.4) is 0 Å². The Balaban J connectivity index is 1.98. The van der Waals surface area contributed by atoms with Crippen LogP contribution in [0.5, 0.6) is 0 Å². The maximum Gasteiger partial charge on any atom is 0.289 e. The highest BCUT2D eigenvalue weighted by Crippen LogP contribution is 2.29. The lowest BCUT2D eigenvalue weighted by molar-refractivity contribution is -0.128. The third-order valence-electron chi connectivity index (χ3n) is 3.11. The number of para-hydroxylation sites is 1. The Bertz CT molecular complexity index is 600. The second-order valence-electron chi connectivity index (χ2n) is 4.68. The van der Waals surface area contributed by atoms with E-state index in [1.54, 1.807) is 6.07 Å². The van der Waals surface area contributed by atoms with E-state index in [1.165, 1.54) is 6.08 Å². The van der Waals surface area contributed by atoms with Crippen LogP contribution >= 0.6 is 11.8 Å². The number of imide groups is 1. The molecular weight excluding hydrogens is 288 g/mol. The maximum absolute atomic E-state index is 12.0. The molecule has 110 valence electrons. The summed E-state index contributed by atoms with van der Waals surface area (Å²) < 4.78 is 0. The second kappa shape index (κ2) is 6.58. The number of benzene rings is 1. The molecule has 0 aliphatic carbocycles. The first-order valence-corrected chi connectivity index (χ1v) is 7.39. The predicted molar refractivity (Wildman–Crippen MR) is 83.1 cm³/mol. The minimum atomic E-state index is -0.651. The molecule has 5 nitrogen and oxygen atoms in total. The van der Waals surface area contributed by atoms with Crippen molar-refractivity contribution in [3.8, 4) is 0 Å². The molecule has 1 saturated heterocycles. The van der Waals surface area contributed by atoms with Crippen LogP contribution in [0.4, 0.5) is 10.5 Å². The molecule has 1 aliphatic rings. The third kappa shape index (κ3) is 3.52. The predicted octanol–water partition coefficient (Wildman–Crippen LogP) is 2.57. The van der Waals surface area contributed by atoms with E-state index in [2.05, 4.69) is 11.9 Å². The fourth-order valence-electron chi connectivity index (χ4n) is 2.00. The van der Waals surface area contributed by atoms with Gasteiger partial charge in [-0.3, -0.25) is 19.3 Å². The zero-order valence-electron chi connectivity index (χ0n) is 11.7. The monoisotopic (exact) mass is 304 g/mol. The summed E-state index contributed by atoms with van der Waals surface area (Å²) in [7, 11) is 0. The minimum Gasteiger partial charge on any atom is -0.326 e. The molecule has 0 spiro atoms. The van der Waals surface area contributed by atoms with Gasteiger partial charge in [0.15, 0.2) is 0 Å². The van der Waals surface area contributed by atoms with Gasteiger partial charge in [0.1, 0.15) is 5.25 Å². The minimum absolute atomic E-state index is 0.0166. The van der Waals surface area contributed by atoms with Crippen molar-refractivity contribution in [1.29, 1.82) is 0 Å². The van der Waals surface area contributed by atoms with E-state index in [-0.39, 0.29) is 30.0 Å². The average Bonchev–Trinajstić information content (AvgIpc) is 2.69. The van der Waals surface area contributed by atoms with Gasteiger partial charge in [-0.1, -0.05) is 36.0 Å². The van der Waals surface area contributed by atoms with Crippen LogP contribution < -0.4 is 5.32 Å². The van der Waals surface area contributed by atoms with Gasteiger partial charge in [-0.25, -0.2) is 0 Å². The van der Waals surface area contributed by atoms with E-state index >= 15 is 0 Å². The Kier molecular flexibility index (Phi) is 4.80. The summed E-state index contributed by atoms with van der Waals surface area (Å²) in [6.45, 7) is 5.58. The number of hydrogen-bond donors (Lipinski definition) is 1. The molecule has 3 amide bonds. The molecule has 0 saturated carbocycles. The molecule has 1 fully saturated rings. The van der Waals surface area contributed by atoms with Gasteiger partial charge in [-0.15, -0.1) is 6.58 Å². The van der Waals surface area contributed by atoms with E-state index in [1.807, 2.05) is 25.1 Å². The van der Waals surface area contributed by atoms with Gasteiger partial charge in [0, 0.05) is 18.7 Å². The number of aryl methyl sites for hydroxylation is 1. The summed E-state index contributed by atoms with van der Waals surface area (Å²) in [5, 5.41) is 1.79. The number of carbonyl (C=O) groups is 3. The molecule has 0 radical (unpaired) electrons. The average molecular weight is 304 g/mol.